The minimum absolute atomic E-state index is 0.0552. The second-order valence-electron chi connectivity index (χ2n) is 3.74. The highest BCUT2D eigenvalue weighted by molar-refractivity contribution is 5.87. The molecule has 16 heavy (non-hydrogen) atoms. The Bertz CT molecular complexity index is 539. The summed E-state index contributed by atoms with van der Waals surface area (Å²) >= 11 is 0. The first kappa shape index (κ1) is 10.5. The van der Waals surface area contributed by atoms with Gasteiger partial charge in [0.15, 0.2) is 0 Å². The Morgan fingerprint density at radius 3 is 2.88 bits per heavy atom. The fraction of sp³-hybridized carbons (Fsp3) is 0.250. The molecule has 0 aliphatic rings. The normalized spacial score (nSPS) is 10.8. The van der Waals surface area contributed by atoms with Gasteiger partial charge in [0.25, 0.3) is 0 Å². The van der Waals surface area contributed by atoms with Gasteiger partial charge in [-0.2, -0.15) is 0 Å². The number of fused-ring (bicyclic) bond motifs is 1. The molecule has 0 spiro atoms. The van der Waals surface area contributed by atoms with Gasteiger partial charge in [-0.15, -0.1) is 0 Å². The van der Waals surface area contributed by atoms with Crippen LogP contribution in [0.4, 0.5) is 0 Å². The molecule has 4 nitrogen and oxygen atoms in total. The molecule has 84 valence electrons. The third-order valence-corrected chi connectivity index (χ3v) is 2.47. The standard InChI is InChI=1S/C12H12O4/c1-7-6-9-10(13)4-2-8(12(9)16-7)3-5-11(14)15/h2,4,6,13H,3,5H2,1H3,(H,14,15). The maximum atomic E-state index is 10.5. The Morgan fingerprint density at radius 2 is 2.19 bits per heavy atom. The average molecular weight is 220 g/mol. The Balaban J connectivity index is 2.45. The molecule has 0 amide bonds. The second kappa shape index (κ2) is 3.89. The highest BCUT2D eigenvalue weighted by atomic mass is 16.4. The van der Waals surface area contributed by atoms with Crippen LogP contribution in [0, 0.1) is 6.92 Å². The van der Waals surface area contributed by atoms with E-state index in [0.29, 0.717) is 23.2 Å². The number of furan rings is 1. The molecule has 2 rings (SSSR count). The second-order valence-corrected chi connectivity index (χ2v) is 3.74. The SMILES string of the molecule is Cc1cc2c(O)ccc(CCC(=O)O)c2o1. The number of phenolic OH excluding ortho intramolecular Hbond substituents is 1. The number of hydrogen-bond acceptors (Lipinski definition) is 3. The molecule has 1 aromatic carbocycles. The summed E-state index contributed by atoms with van der Waals surface area (Å²) in [7, 11) is 0. The van der Waals surface area contributed by atoms with Crippen LogP contribution in [0.25, 0.3) is 11.0 Å². The van der Waals surface area contributed by atoms with Gasteiger partial charge in [-0.25, -0.2) is 0 Å². The van der Waals surface area contributed by atoms with Gasteiger partial charge >= 0.3 is 5.97 Å². The molecule has 0 saturated carbocycles. The van der Waals surface area contributed by atoms with E-state index in [0.717, 1.165) is 5.56 Å². The summed E-state index contributed by atoms with van der Waals surface area (Å²) in [5.41, 5.74) is 1.39. The first-order chi connectivity index (χ1) is 7.58. The number of carboxylic acid groups (broad SMARTS) is 1. The quantitative estimate of drug-likeness (QED) is 0.833. The van der Waals surface area contributed by atoms with Crippen molar-refractivity contribution in [1.29, 1.82) is 0 Å². The van der Waals surface area contributed by atoms with Crippen LogP contribution in [-0.2, 0) is 11.2 Å². The van der Waals surface area contributed by atoms with Crippen LogP contribution >= 0.6 is 0 Å². The van der Waals surface area contributed by atoms with Crippen LogP contribution in [0.2, 0.25) is 0 Å². The number of phenols is 1. The first-order valence-corrected chi connectivity index (χ1v) is 5.00. The number of aromatic hydroxyl groups is 1. The van der Waals surface area contributed by atoms with Crippen molar-refractivity contribution in [3.8, 4) is 5.75 Å². The summed E-state index contributed by atoms with van der Waals surface area (Å²) < 4.78 is 5.46. The molecule has 2 N–H and O–H groups in total. The number of rotatable bonds is 3. The van der Waals surface area contributed by atoms with Crippen LogP contribution in [0.5, 0.6) is 5.75 Å². The summed E-state index contributed by atoms with van der Waals surface area (Å²) in [6, 6.07) is 5.01. The maximum Gasteiger partial charge on any atom is 0.303 e. The van der Waals surface area contributed by atoms with E-state index >= 15 is 0 Å². The molecular formula is C12H12O4. The molecule has 0 atom stereocenters. The van der Waals surface area contributed by atoms with E-state index in [1.807, 2.05) is 0 Å². The first-order valence-electron chi connectivity index (χ1n) is 5.00. The largest absolute Gasteiger partial charge is 0.507 e. The van der Waals surface area contributed by atoms with Crippen molar-refractivity contribution in [2.75, 3.05) is 0 Å². The molecule has 1 heterocycles. The van der Waals surface area contributed by atoms with Gasteiger partial charge in [0.2, 0.25) is 0 Å². The molecule has 2 aromatic rings. The van der Waals surface area contributed by atoms with E-state index < -0.39 is 5.97 Å². The average Bonchev–Trinajstić information content (AvgIpc) is 2.59. The van der Waals surface area contributed by atoms with Crippen molar-refractivity contribution >= 4 is 16.9 Å². The molecule has 0 aliphatic carbocycles. The van der Waals surface area contributed by atoms with E-state index in [9.17, 15) is 9.90 Å². The molecular weight excluding hydrogens is 208 g/mol. The highest BCUT2D eigenvalue weighted by Gasteiger charge is 2.11. The molecule has 0 fully saturated rings. The smallest absolute Gasteiger partial charge is 0.303 e. The Morgan fingerprint density at radius 1 is 1.44 bits per heavy atom. The van der Waals surface area contributed by atoms with E-state index in [1.54, 1.807) is 25.1 Å². The molecule has 0 aliphatic heterocycles. The third kappa shape index (κ3) is 1.86. The lowest BCUT2D eigenvalue weighted by atomic mass is 10.1. The lowest BCUT2D eigenvalue weighted by Gasteiger charge is -2.01. The lowest BCUT2D eigenvalue weighted by Crippen LogP contribution is -1.97. The summed E-state index contributed by atoms with van der Waals surface area (Å²) in [5.74, 6) is 0.0171. The van der Waals surface area contributed by atoms with Crippen LogP contribution in [0.15, 0.2) is 22.6 Å². The molecule has 4 heteroatoms. The van der Waals surface area contributed by atoms with E-state index in [2.05, 4.69) is 0 Å². The van der Waals surface area contributed by atoms with Crippen molar-refractivity contribution in [2.24, 2.45) is 0 Å². The summed E-state index contributed by atoms with van der Waals surface area (Å²) in [5, 5.41) is 18.9. The van der Waals surface area contributed by atoms with Gasteiger partial charge in [-0.3, -0.25) is 4.79 Å². The molecule has 1 aromatic heterocycles. The fourth-order valence-corrected chi connectivity index (χ4v) is 1.73. The van der Waals surface area contributed by atoms with Crippen LogP contribution in [0.1, 0.15) is 17.7 Å². The van der Waals surface area contributed by atoms with Crippen LogP contribution in [0.3, 0.4) is 0 Å². The monoisotopic (exact) mass is 220 g/mol. The Labute approximate surface area is 92.1 Å². The van der Waals surface area contributed by atoms with Crippen molar-refractivity contribution in [1.82, 2.24) is 0 Å². The third-order valence-electron chi connectivity index (χ3n) is 2.47. The van der Waals surface area contributed by atoms with Crippen molar-refractivity contribution in [3.63, 3.8) is 0 Å². The Hall–Kier alpha value is -1.97. The number of aliphatic carboxylic acids is 1. The summed E-state index contributed by atoms with van der Waals surface area (Å²) in [6.07, 6.45) is 0.457. The molecule has 0 bridgehead atoms. The summed E-state index contributed by atoms with van der Waals surface area (Å²) in [4.78, 5) is 10.5. The van der Waals surface area contributed by atoms with Gasteiger partial charge in [0.1, 0.15) is 17.1 Å². The lowest BCUT2D eigenvalue weighted by molar-refractivity contribution is -0.136. The van der Waals surface area contributed by atoms with Crippen molar-refractivity contribution in [2.45, 2.75) is 19.8 Å². The predicted molar refractivity (Wildman–Crippen MR) is 58.6 cm³/mol. The highest BCUT2D eigenvalue weighted by Crippen LogP contribution is 2.31. The fourth-order valence-electron chi connectivity index (χ4n) is 1.73. The maximum absolute atomic E-state index is 10.5. The van der Waals surface area contributed by atoms with Gasteiger partial charge in [-0.05, 0) is 31.0 Å². The zero-order valence-corrected chi connectivity index (χ0v) is 8.86. The van der Waals surface area contributed by atoms with Gasteiger partial charge in [0.05, 0.1) is 5.39 Å². The molecule has 0 saturated heterocycles. The number of benzene rings is 1. The minimum Gasteiger partial charge on any atom is -0.507 e. The van der Waals surface area contributed by atoms with Gasteiger partial charge in [0, 0.05) is 6.42 Å². The molecule has 0 unspecified atom stereocenters. The van der Waals surface area contributed by atoms with E-state index in [4.69, 9.17) is 9.52 Å². The predicted octanol–water partition coefficient (Wildman–Crippen LogP) is 2.46. The van der Waals surface area contributed by atoms with Crippen LogP contribution < -0.4 is 0 Å². The zero-order valence-electron chi connectivity index (χ0n) is 8.86. The molecule has 0 radical (unpaired) electrons. The Kier molecular flexibility index (Phi) is 2.56. The zero-order chi connectivity index (χ0) is 11.7. The number of hydrogen-bond donors (Lipinski definition) is 2. The van der Waals surface area contributed by atoms with Crippen LogP contribution in [-0.4, -0.2) is 16.2 Å². The summed E-state index contributed by atoms with van der Waals surface area (Å²) in [6.45, 7) is 1.79. The van der Waals surface area contributed by atoms with E-state index in [1.165, 1.54) is 0 Å². The van der Waals surface area contributed by atoms with Gasteiger partial charge in [-0.1, -0.05) is 6.07 Å². The van der Waals surface area contributed by atoms with Crippen molar-refractivity contribution in [3.05, 3.63) is 29.5 Å². The number of carbonyl (C=O) groups is 1. The number of carboxylic acids is 1. The van der Waals surface area contributed by atoms with Crippen molar-refractivity contribution < 1.29 is 19.4 Å². The topological polar surface area (TPSA) is 70.7 Å². The minimum atomic E-state index is -0.843. The van der Waals surface area contributed by atoms with Gasteiger partial charge < -0.3 is 14.6 Å². The van der Waals surface area contributed by atoms with E-state index in [-0.39, 0.29) is 12.2 Å². The number of aryl methyl sites for hydroxylation is 2.